The monoisotopic (exact) mass is 100 g/mol. The summed E-state index contributed by atoms with van der Waals surface area (Å²) in [4.78, 5) is 9.68. The van der Waals surface area contributed by atoms with Crippen LogP contribution in [0.4, 0.5) is 4.79 Å². The van der Waals surface area contributed by atoms with Gasteiger partial charge in [0.05, 0.1) is 6.04 Å². The Morgan fingerprint density at radius 2 is 2.29 bits per heavy atom. The van der Waals surface area contributed by atoms with Gasteiger partial charge in [-0.25, -0.2) is 10.1 Å². The van der Waals surface area contributed by atoms with Gasteiger partial charge in [-0.15, -0.1) is 0 Å². The molecular weight excluding hydrogens is 94.0 g/mol. The summed E-state index contributed by atoms with van der Waals surface area (Å²) in [6.45, 7) is 0. The van der Waals surface area contributed by atoms with E-state index in [0.29, 0.717) is 0 Å². The topological polar surface area (TPSA) is 51.4 Å². The zero-order chi connectivity index (χ0) is 5.28. The molecule has 0 spiro atoms. The van der Waals surface area contributed by atoms with Gasteiger partial charge in [-0.1, -0.05) is 0 Å². The van der Waals surface area contributed by atoms with Crippen molar-refractivity contribution in [1.29, 1.82) is 0 Å². The standard InChI is InChI=1S/C4H6NO2/c6-4(7)5-3-1-2-3/h3H,1-2H2,(H,6,7). The Morgan fingerprint density at radius 1 is 1.71 bits per heavy atom. The molecule has 3 nitrogen and oxygen atoms in total. The van der Waals surface area contributed by atoms with Gasteiger partial charge >= 0.3 is 6.09 Å². The molecule has 0 bridgehead atoms. The summed E-state index contributed by atoms with van der Waals surface area (Å²) in [6.07, 6.45) is 0.904. The summed E-state index contributed by atoms with van der Waals surface area (Å²) < 4.78 is 0. The fourth-order valence-corrected chi connectivity index (χ4v) is 0.360. The van der Waals surface area contributed by atoms with Crippen LogP contribution < -0.4 is 5.32 Å². The van der Waals surface area contributed by atoms with Crippen molar-refractivity contribution in [1.82, 2.24) is 5.32 Å². The third kappa shape index (κ3) is 1.43. The summed E-state index contributed by atoms with van der Waals surface area (Å²) >= 11 is 0. The van der Waals surface area contributed by atoms with Gasteiger partial charge < -0.3 is 5.11 Å². The van der Waals surface area contributed by atoms with Crippen LogP contribution >= 0.6 is 0 Å². The Hall–Kier alpha value is -0.730. The van der Waals surface area contributed by atoms with Crippen LogP contribution in [0.5, 0.6) is 0 Å². The number of hydrogen-bond donors (Lipinski definition) is 1. The quantitative estimate of drug-likeness (QED) is 0.519. The summed E-state index contributed by atoms with van der Waals surface area (Å²) in [6, 6.07) is 0.150. The Bertz CT molecular complexity index is 87.7. The van der Waals surface area contributed by atoms with Gasteiger partial charge in [0.15, 0.2) is 0 Å². The average molecular weight is 100 g/mol. The minimum absolute atomic E-state index is 0.150. The second kappa shape index (κ2) is 1.40. The summed E-state index contributed by atoms with van der Waals surface area (Å²) in [5.41, 5.74) is 0. The minimum atomic E-state index is -1.03. The maximum absolute atomic E-state index is 9.68. The SMILES string of the molecule is O=C(O)[N]C1CC1. The maximum Gasteiger partial charge on any atom is 0.426 e. The summed E-state index contributed by atoms with van der Waals surface area (Å²) in [7, 11) is 0. The van der Waals surface area contributed by atoms with Crippen molar-refractivity contribution in [2.24, 2.45) is 0 Å². The molecule has 0 heterocycles. The third-order valence-electron chi connectivity index (χ3n) is 0.840. The van der Waals surface area contributed by atoms with E-state index in [0.717, 1.165) is 12.8 Å². The molecule has 1 radical (unpaired) electrons. The number of carbonyl (C=O) groups is 1. The largest absolute Gasteiger partial charge is 0.464 e. The van der Waals surface area contributed by atoms with Crippen molar-refractivity contribution in [3.8, 4) is 0 Å². The van der Waals surface area contributed by atoms with Gasteiger partial charge in [0.25, 0.3) is 0 Å². The van der Waals surface area contributed by atoms with Crippen LogP contribution in [-0.4, -0.2) is 17.2 Å². The van der Waals surface area contributed by atoms with Crippen LogP contribution in [0.3, 0.4) is 0 Å². The molecule has 0 aliphatic heterocycles. The lowest BCUT2D eigenvalue weighted by molar-refractivity contribution is 0.193. The van der Waals surface area contributed by atoms with E-state index >= 15 is 0 Å². The second-order valence-electron chi connectivity index (χ2n) is 1.64. The first-order valence-electron chi connectivity index (χ1n) is 2.23. The highest BCUT2D eigenvalue weighted by Crippen LogP contribution is 2.19. The van der Waals surface area contributed by atoms with E-state index in [9.17, 15) is 4.79 Å². The molecule has 1 rings (SSSR count). The van der Waals surface area contributed by atoms with Crippen LogP contribution in [-0.2, 0) is 0 Å². The molecular formula is C4H6NO2. The Morgan fingerprint density at radius 3 is 2.43 bits per heavy atom. The van der Waals surface area contributed by atoms with E-state index in [2.05, 4.69) is 5.32 Å². The molecule has 39 valence electrons. The van der Waals surface area contributed by atoms with Crippen molar-refractivity contribution < 1.29 is 9.90 Å². The van der Waals surface area contributed by atoms with Crippen LogP contribution in [0, 0.1) is 0 Å². The van der Waals surface area contributed by atoms with E-state index in [1.165, 1.54) is 0 Å². The van der Waals surface area contributed by atoms with Crippen molar-refractivity contribution in [2.45, 2.75) is 18.9 Å². The molecule has 3 heteroatoms. The highest BCUT2D eigenvalue weighted by atomic mass is 16.4. The molecule has 0 saturated heterocycles. The number of nitrogens with zero attached hydrogens (tertiary/aromatic N) is 1. The van der Waals surface area contributed by atoms with Crippen molar-refractivity contribution in [3.05, 3.63) is 0 Å². The van der Waals surface area contributed by atoms with Gasteiger partial charge in [0, 0.05) is 0 Å². The highest BCUT2D eigenvalue weighted by Gasteiger charge is 2.24. The van der Waals surface area contributed by atoms with Crippen LogP contribution in [0.25, 0.3) is 0 Å². The van der Waals surface area contributed by atoms with Gasteiger partial charge in [0.2, 0.25) is 0 Å². The van der Waals surface area contributed by atoms with Gasteiger partial charge in [0.1, 0.15) is 0 Å². The molecule has 0 aromatic rings. The number of amides is 1. The van der Waals surface area contributed by atoms with E-state index in [1.807, 2.05) is 0 Å². The molecule has 1 N–H and O–H groups in total. The predicted molar refractivity (Wildman–Crippen MR) is 23.2 cm³/mol. The molecule has 1 amide bonds. The fourth-order valence-electron chi connectivity index (χ4n) is 0.360. The van der Waals surface area contributed by atoms with Crippen molar-refractivity contribution >= 4 is 6.09 Å². The predicted octanol–water partition coefficient (Wildman–Crippen LogP) is 0.431. The Labute approximate surface area is 41.3 Å². The zero-order valence-electron chi connectivity index (χ0n) is 3.79. The second-order valence-corrected chi connectivity index (χ2v) is 1.64. The van der Waals surface area contributed by atoms with Crippen molar-refractivity contribution in [3.63, 3.8) is 0 Å². The molecule has 0 aromatic heterocycles. The highest BCUT2D eigenvalue weighted by molar-refractivity contribution is 5.64. The lowest BCUT2D eigenvalue weighted by Gasteiger charge is -1.85. The Kier molecular flexibility index (Phi) is 0.889. The van der Waals surface area contributed by atoms with E-state index in [1.54, 1.807) is 0 Å². The van der Waals surface area contributed by atoms with E-state index in [4.69, 9.17) is 5.11 Å². The molecule has 1 saturated carbocycles. The normalized spacial score (nSPS) is 18.9. The lowest BCUT2D eigenvalue weighted by Crippen LogP contribution is -2.13. The Balaban J connectivity index is 2.08. The fraction of sp³-hybridized carbons (Fsp3) is 0.750. The smallest absolute Gasteiger partial charge is 0.426 e. The molecule has 7 heavy (non-hydrogen) atoms. The molecule has 0 aromatic carbocycles. The lowest BCUT2D eigenvalue weighted by atomic mass is 10.7. The summed E-state index contributed by atoms with van der Waals surface area (Å²) in [5.74, 6) is 0. The van der Waals surface area contributed by atoms with E-state index < -0.39 is 6.09 Å². The number of carboxylic acid groups (broad SMARTS) is 1. The van der Waals surface area contributed by atoms with Crippen LogP contribution in [0.15, 0.2) is 0 Å². The zero-order valence-corrected chi connectivity index (χ0v) is 3.79. The first-order chi connectivity index (χ1) is 3.29. The van der Waals surface area contributed by atoms with Gasteiger partial charge in [-0.05, 0) is 12.8 Å². The minimum Gasteiger partial charge on any atom is -0.464 e. The van der Waals surface area contributed by atoms with Crippen LogP contribution in [0.1, 0.15) is 12.8 Å². The van der Waals surface area contributed by atoms with E-state index in [-0.39, 0.29) is 6.04 Å². The third-order valence-corrected chi connectivity index (χ3v) is 0.840. The molecule has 0 unspecified atom stereocenters. The molecule has 1 fully saturated rings. The molecule has 1 aliphatic carbocycles. The first kappa shape index (κ1) is 4.43. The molecule has 0 atom stereocenters. The van der Waals surface area contributed by atoms with Gasteiger partial charge in [-0.3, -0.25) is 0 Å². The van der Waals surface area contributed by atoms with Gasteiger partial charge in [-0.2, -0.15) is 0 Å². The van der Waals surface area contributed by atoms with Crippen molar-refractivity contribution in [2.75, 3.05) is 0 Å². The number of rotatable bonds is 1. The van der Waals surface area contributed by atoms with Crippen LogP contribution in [0.2, 0.25) is 0 Å². The molecule has 1 aliphatic rings. The first-order valence-corrected chi connectivity index (χ1v) is 2.23. The number of hydrogen-bond acceptors (Lipinski definition) is 1. The average Bonchev–Trinajstić information content (AvgIpc) is 2.17. The summed E-state index contributed by atoms with van der Waals surface area (Å²) in [5, 5.41) is 11.3. The maximum atomic E-state index is 9.68.